The van der Waals surface area contributed by atoms with Crippen molar-refractivity contribution in [3.63, 3.8) is 0 Å². The molecule has 0 aromatic heterocycles. The lowest BCUT2D eigenvalue weighted by molar-refractivity contribution is -0.202. The van der Waals surface area contributed by atoms with Crippen molar-refractivity contribution < 1.29 is 19.7 Å². The standard InChI is InChI=1S/C15H29NO4/c1-6-9-12(17)16(13(18)10-7-2)14(8-3)20-15(19)11(4)5/h12-14,17-18H,4,6-10H2,1-3,5H3. The van der Waals surface area contributed by atoms with Crippen molar-refractivity contribution in [3.05, 3.63) is 12.2 Å². The summed E-state index contributed by atoms with van der Waals surface area (Å²) in [5, 5.41) is 20.4. The summed E-state index contributed by atoms with van der Waals surface area (Å²) in [5.74, 6) is -0.505. The van der Waals surface area contributed by atoms with E-state index in [9.17, 15) is 15.0 Å². The topological polar surface area (TPSA) is 70.0 Å². The molecule has 0 aliphatic carbocycles. The van der Waals surface area contributed by atoms with Crippen molar-refractivity contribution in [2.24, 2.45) is 0 Å². The maximum Gasteiger partial charge on any atom is 0.334 e. The van der Waals surface area contributed by atoms with Gasteiger partial charge in [0.1, 0.15) is 12.5 Å². The van der Waals surface area contributed by atoms with Gasteiger partial charge < -0.3 is 14.9 Å². The van der Waals surface area contributed by atoms with Gasteiger partial charge in [0.05, 0.1) is 0 Å². The van der Waals surface area contributed by atoms with Gasteiger partial charge in [-0.2, -0.15) is 0 Å². The van der Waals surface area contributed by atoms with Crippen LogP contribution in [-0.4, -0.2) is 39.8 Å². The van der Waals surface area contributed by atoms with Crippen LogP contribution in [0.5, 0.6) is 0 Å². The van der Waals surface area contributed by atoms with E-state index in [1.165, 1.54) is 4.90 Å². The van der Waals surface area contributed by atoms with Crippen LogP contribution in [0.2, 0.25) is 0 Å². The molecule has 0 rings (SSSR count). The SMILES string of the molecule is C=C(C)C(=O)OC(CC)N(C(O)CCC)C(O)CCC. The Morgan fingerprint density at radius 3 is 1.90 bits per heavy atom. The zero-order valence-corrected chi connectivity index (χ0v) is 13.1. The van der Waals surface area contributed by atoms with Crippen LogP contribution in [0.3, 0.4) is 0 Å². The maximum atomic E-state index is 11.7. The minimum absolute atomic E-state index is 0.304. The van der Waals surface area contributed by atoms with Gasteiger partial charge in [0.2, 0.25) is 0 Å². The molecule has 0 aromatic rings. The number of rotatable bonds is 10. The molecule has 0 bridgehead atoms. The van der Waals surface area contributed by atoms with Crippen molar-refractivity contribution in [2.45, 2.75) is 78.5 Å². The van der Waals surface area contributed by atoms with Gasteiger partial charge in [-0.1, -0.05) is 40.2 Å². The van der Waals surface area contributed by atoms with Crippen LogP contribution < -0.4 is 0 Å². The predicted molar refractivity (Wildman–Crippen MR) is 78.7 cm³/mol. The van der Waals surface area contributed by atoms with Crippen molar-refractivity contribution in [3.8, 4) is 0 Å². The molecule has 3 atom stereocenters. The lowest BCUT2D eigenvalue weighted by Gasteiger charge is -2.37. The first-order chi connectivity index (χ1) is 9.38. The van der Waals surface area contributed by atoms with E-state index in [-0.39, 0.29) is 0 Å². The highest BCUT2D eigenvalue weighted by molar-refractivity contribution is 5.87. The first-order valence-corrected chi connectivity index (χ1v) is 7.38. The number of esters is 1. The lowest BCUT2D eigenvalue weighted by atomic mass is 10.2. The zero-order chi connectivity index (χ0) is 15.7. The van der Waals surface area contributed by atoms with Crippen molar-refractivity contribution >= 4 is 5.97 Å². The largest absolute Gasteiger partial charge is 0.443 e. The first kappa shape index (κ1) is 19.1. The summed E-state index contributed by atoms with van der Waals surface area (Å²) in [6.45, 7) is 10.9. The van der Waals surface area contributed by atoms with Gasteiger partial charge in [-0.05, 0) is 26.2 Å². The number of aliphatic hydroxyl groups excluding tert-OH is 2. The van der Waals surface area contributed by atoms with E-state index in [1.807, 2.05) is 20.8 Å². The number of nitrogens with zero attached hydrogens (tertiary/aromatic N) is 1. The Labute approximate surface area is 122 Å². The van der Waals surface area contributed by atoms with Gasteiger partial charge in [-0.15, -0.1) is 0 Å². The fraction of sp³-hybridized carbons (Fsp3) is 0.800. The highest BCUT2D eigenvalue weighted by atomic mass is 16.6. The molecule has 0 aromatic carbocycles. The molecule has 0 aliphatic rings. The minimum atomic E-state index is -0.829. The molecule has 5 nitrogen and oxygen atoms in total. The van der Waals surface area contributed by atoms with Gasteiger partial charge >= 0.3 is 5.97 Å². The van der Waals surface area contributed by atoms with Crippen LogP contribution in [0, 0.1) is 0 Å². The zero-order valence-electron chi connectivity index (χ0n) is 13.1. The third-order valence-electron chi connectivity index (χ3n) is 3.06. The number of aliphatic hydroxyl groups is 2. The average Bonchev–Trinajstić information content (AvgIpc) is 2.38. The quantitative estimate of drug-likeness (QED) is 0.367. The monoisotopic (exact) mass is 287 g/mol. The predicted octanol–water partition coefficient (Wildman–Crippen LogP) is 2.38. The second kappa shape index (κ2) is 9.91. The molecule has 0 fully saturated rings. The number of carbonyl (C=O) groups is 1. The van der Waals surface area contributed by atoms with Crippen molar-refractivity contribution in [1.82, 2.24) is 4.90 Å². The fourth-order valence-electron chi connectivity index (χ4n) is 1.98. The van der Waals surface area contributed by atoms with Gasteiger partial charge in [0.15, 0.2) is 6.23 Å². The number of hydrogen-bond donors (Lipinski definition) is 2. The molecule has 0 saturated carbocycles. The molecule has 2 N–H and O–H groups in total. The molecule has 0 amide bonds. The second-order valence-electron chi connectivity index (χ2n) is 5.03. The molecule has 0 saturated heterocycles. The van der Waals surface area contributed by atoms with E-state index in [0.717, 1.165) is 12.8 Å². The van der Waals surface area contributed by atoms with Crippen LogP contribution >= 0.6 is 0 Å². The highest BCUT2D eigenvalue weighted by Crippen LogP contribution is 2.19. The third-order valence-corrected chi connectivity index (χ3v) is 3.06. The Morgan fingerprint density at radius 1 is 1.15 bits per heavy atom. The van der Waals surface area contributed by atoms with Crippen LogP contribution in [-0.2, 0) is 9.53 Å². The van der Waals surface area contributed by atoms with Gasteiger partial charge in [0.25, 0.3) is 0 Å². The lowest BCUT2D eigenvalue weighted by Crippen LogP contribution is -2.51. The Balaban J connectivity index is 5.02. The second-order valence-corrected chi connectivity index (χ2v) is 5.03. The highest BCUT2D eigenvalue weighted by Gasteiger charge is 2.31. The van der Waals surface area contributed by atoms with Crippen LogP contribution in [0.1, 0.15) is 59.8 Å². The van der Waals surface area contributed by atoms with E-state index in [4.69, 9.17) is 4.74 Å². The Hall–Kier alpha value is -0.910. The average molecular weight is 287 g/mol. The van der Waals surface area contributed by atoms with Gasteiger partial charge in [-0.25, -0.2) is 9.69 Å². The van der Waals surface area contributed by atoms with Crippen LogP contribution in [0.15, 0.2) is 12.2 Å². The van der Waals surface area contributed by atoms with E-state index in [0.29, 0.717) is 24.8 Å². The molecular formula is C15H29NO4. The molecule has 3 unspecified atom stereocenters. The summed E-state index contributed by atoms with van der Waals surface area (Å²) in [5.41, 5.74) is 0.304. The Kier molecular flexibility index (Phi) is 9.46. The number of hydrogen-bond acceptors (Lipinski definition) is 5. The molecule has 0 heterocycles. The molecular weight excluding hydrogens is 258 g/mol. The van der Waals surface area contributed by atoms with E-state index in [1.54, 1.807) is 6.92 Å². The van der Waals surface area contributed by atoms with E-state index < -0.39 is 24.7 Å². The van der Waals surface area contributed by atoms with Gasteiger partial charge in [-0.3, -0.25) is 0 Å². The minimum Gasteiger partial charge on any atom is -0.443 e. The van der Waals surface area contributed by atoms with Gasteiger partial charge in [0, 0.05) is 5.57 Å². The number of carbonyl (C=O) groups excluding carboxylic acids is 1. The fourth-order valence-corrected chi connectivity index (χ4v) is 1.98. The smallest absolute Gasteiger partial charge is 0.334 e. The summed E-state index contributed by atoms with van der Waals surface area (Å²) < 4.78 is 5.33. The summed E-state index contributed by atoms with van der Waals surface area (Å²) in [4.78, 5) is 13.1. The van der Waals surface area contributed by atoms with Crippen LogP contribution in [0.4, 0.5) is 0 Å². The van der Waals surface area contributed by atoms with Crippen LogP contribution in [0.25, 0.3) is 0 Å². The molecule has 5 heteroatoms. The number of ether oxygens (including phenoxy) is 1. The Bertz CT molecular complexity index is 294. The molecule has 0 radical (unpaired) electrons. The van der Waals surface area contributed by atoms with E-state index in [2.05, 4.69) is 6.58 Å². The normalized spacial score (nSPS) is 15.8. The van der Waals surface area contributed by atoms with E-state index >= 15 is 0 Å². The third kappa shape index (κ3) is 6.03. The molecule has 0 aliphatic heterocycles. The first-order valence-electron chi connectivity index (χ1n) is 7.38. The van der Waals surface area contributed by atoms with Crippen molar-refractivity contribution in [1.29, 1.82) is 0 Å². The van der Waals surface area contributed by atoms with Crippen molar-refractivity contribution in [2.75, 3.05) is 0 Å². The maximum absolute atomic E-state index is 11.7. The summed E-state index contributed by atoms with van der Waals surface area (Å²) in [6.07, 6.45) is 0.767. The molecule has 20 heavy (non-hydrogen) atoms. The molecule has 118 valence electrons. The summed E-state index contributed by atoms with van der Waals surface area (Å²) >= 11 is 0. The molecule has 0 spiro atoms. The summed E-state index contributed by atoms with van der Waals surface area (Å²) in [6, 6.07) is 0. The Morgan fingerprint density at radius 2 is 1.60 bits per heavy atom. The summed E-state index contributed by atoms with van der Waals surface area (Å²) in [7, 11) is 0.